The molecule has 3 aliphatic heterocycles. The summed E-state index contributed by atoms with van der Waals surface area (Å²) < 4.78 is 37.8. The fraction of sp³-hybridized carbons (Fsp3) is 0.333. The molecule has 2 bridgehead atoms. The minimum Gasteiger partial charge on any atom is -0.542 e. The Morgan fingerprint density at radius 2 is 1.56 bits per heavy atom. The van der Waals surface area contributed by atoms with Crippen molar-refractivity contribution in [3.63, 3.8) is 0 Å². The molecule has 1 aromatic heterocycles. The molecule has 3 N–H and O–H groups in total. The standard InChI is InChI=1S/C17H22NO3.C11H10N2OS.C2HF3O2/c1-13(19)21-17-12-18(9-7-15(17)8-10-18)11-16(20)14-5-3-2-4-6-14;12-11(14)10-9(6-7-15-10)13-8-4-2-1-3-5-8;3-2(4,5)1(6)7/h2-6,15,17H,7-12H2,1H3;1-7,13H,(H2,12,14);(H,6,7)/q+1;;/p-1/t15?,17-,18?;;/m0../s1. The number of nitrogens with two attached hydrogens (primary N) is 1. The lowest BCUT2D eigenvalue weighted by Crippen LogP contribution is -2.65. The average molecular weight is 620 g/mol. The van der Waals surface area contributed by atoms with Crippen molar-refractivity contribution < 1.29 is 46.7 Å². The van der Waals surface area contributed by atoms with Crippen LogP contribution >= 0.6 is 11.3 Å². The summed E-state index contributed by atoms with van der Waals surface area (Å²) in [6.45, 7) is 4.84. The minimum absolute atomic E-state index is 0.00595. The normalized spacial score (nSPS) is 20.4. The lowest BCUT2D eigenvalue weighted by atomic mass is 9.83. The van der Waals surface area contributed by atoms with Crippen LogP contribution in [-0.2, 0) is 14.3 Å². The van der Waals surface area contributed by atoms with Crippen molar-refractivity contribution in [3.8, 4) is 0 Å². The molecule has 6 rings (SSSR count). The number of anilines is 2. The van der Waals surface area contributed by atoms with Gasteiger partial charge < -0.3 is 30.2 Å². The lowest BCUT2D eigenvalue weighted by Gasteiger charge is -2.51. The molecular formula is C30H32F3N3O6S. The van der Waals surface area contributed by atoms with Crippen LogP contribution in [0.1, 0.15) is 39.8 Å². The summed E-state index contributed by atoms with van der Waals surface area (Å²) in [7, 11) is 0. The number of ether oxygens (including phenoxy) is 1. The highest BCUT2D eigenvalue weighted by atomic mass is 32.1. The van der Waals surface area contributed by atoms with Crippen molar-refractivity contribution in [1.29, 1.82) is 0 Å². The molecule has 0 radical (unpaired) electrons. The highest BCUT2D eigenvalue weighted by molar-refractivity contribution is 7.12. The monoisotopic (exact) mass is 619 g/mol. The number of hydrogen-bond acceptors (Lipinski definition) is 8. The average Bonchev–Trinajstić information content (AvgIpc) is 3.43. The molecule has 9 nitrogen and oxygen atoms in total. The molecule has 43 heavy (non-hydrogen) atoms. The second-order valence-electron chi connectivity index (χ2n) is 10.2. The van der Waals surface area contributed by atoms with Crippen LogP contribution < -0.4 is 16.2 Å². The van der Waals surface area contributed by atoms with E-state index >= 15 is 0 Å². The van der Waals surface area contributed by atoms with Gasteiger partial charge in [0.15, 0.2) is 6.10 Å². The third kappa shape index (κ3) is 9.93. The number of thiophene rings is 1. The van der Waals surface area contributed by atoms with Gasteiger partial charge in [0.05, 0.1) is 18.8 Å². The quantitative estimate of drug-likeness (QED) is 0.232. The number of primary amides is 1. The van der Waals surface area contributed by atoms with Gasteiger partial charge in [-0.25, -0.2) is 0 Å². The zero-order chi connectivity index (χ0) is 31.6. The zero-order valence-electron chi connectivity index (χ0n) is 23.3. The van der Waals surface area contributed by atoms with Crippen molar-refractivity contribution in [2.75, 3.05) is 31.5 Å². The molecule has 0 aliphatic carbocycles. The van der Waals surface area contributed by atoms with Crippen molar-refractivity contribution in [1.82, 2.24) is 0 Å². The second-order valence-corrected chi connectivity index (χ2v) is 11.1. The number of ketones is 1. The van der Waals surface area contributed by atoms with E-state index in [-0.39, 0.29) is 17.9 Å². The summed E-state index contributed by atoms with van der Waals surface area (Å²) in [4.78, 5) is 44.1. The van der Waals surface area contributed by atoms with Gasteiger partial charge in [0.2, 0.25) is 5.78 Å². The van der Waals surface area contributed by atoms with E-state index in [2.05, 4.69) is 5.32 Å². The van der Waals surface area contributed by atoms with Gasteiger partial charge in [-0.3, -0.25) is 14.4 Å². The molecule has 2 aromatic carbocycles. The Morgan fingerprint density at radius 3 is 2.07 bits per heavy atom. The Morgan fingerprint density at radius 1 is 1.00 bits per heavy atom. The number of amides is 1. The van der Waals surface area contributed by atoms with E-state index in [1.54, 1.807) is 0 Å². The van der Waals surface area contributed by atoms with Gasteiger partial charge in [0.1, 0.15) is 23.9 Å². The molecule has 0 spiro atoms. The number of Topliss-reactive ketones (excluding diaryl/α,β-unsaturated/α-hetero) is 1. The van der Waals surface area contributed by atoms with Crippen LogP contribution in [0.25, 0.3) is 0 Å². The van der Waals surface area contributed by atoms with Gasteiger partial charge in [-0.1, -0.05) is 48.5 Å². The molecule has 0 unspecified atom stereocenters. The number of para-hydroxylation sites is 1. The first-order valence-corrected chi connectivity index (χ1v) is 14.3. The van der Waals surface area contributed by atoms with E-state index < -0.39 is 18.1 Å². The van der Waals surface area contributed by atoms with E-state index in [0.717, 1.165) is 53.9 Å². The number of halogens is 3. The molecule has 1 atom stereocenters. The predicted molar refractivity (Wildman–Crippen MR) is 152 cm³/mol. The Labute approximate surface area is 250 Å². The summed E-state index contributed by atoms with van der Waals surface area (Å²) in [5.41, 5.74) is 7.73. The minimum atomic E-state index is -5.19. The molecule has 1 amide bonds. The van der Waals surface area contributed by atoms with Crippen LogP contribution in [-0.4, -0.2) is 66.6 Å². The SMILES string of the molecule is CC(=O)O[C@H]1C[N+]2(CC(=O)c3ccccc3)CCC1CC2.NC(=O)c1sccc1Nc1ccccc1.O=C([O-])C(F)(F)F. The number of carbonyl (C=O) groups is 4. The second kappa shape index (κ2) is 14.8. The number of piperidine rings is 3. The van der Waals surface area contributed by atoms with Gasteiger partial charge in [0, 0.05) is 36.9 Å². The van der Waals surface area contributed by atoms with Gasteiger partial charge in [-0.05, 0) is 23.6 Å². The summed E-state index contributed by atoms with van der Waals surface area (Å²) in [6, 6.07) is 21.0. The van der Waals surface area contributed by atoms with Crippen LogP contribution in [0.15, 0.2) is 72.1 Å². The number of carbonyl (C=O) groups excluding carboxylic acids is 4. The van der Waals surface area contributed by atoms with Crippen LogP contribution in [0.4, 0.5) is 24.5 Å². The smallest absolute Gasteiger partial charge is 0.430 e. The van der Waals surface area contributed by atoms with Crippen molar-refractivity contribution in [2.24, 2.45) is 11.7 Å². The summed E-state index contributed by atoms with van der Waals surface area (Å²) in [5, 5.41) is 13.8. The maximum Gasteiger partial charge on any atom is 0.430 e. The Bertz CT molecular complexity index is 1390. The van der Waals surface area contributed by atoms with Gasteiger partial charge in [-0.15, -0.1) is 11.3 Å². The first-order valence-electron chi connectivity index (χ1n) is 13.4. The van der Waals surface area contributed by atoms with E-state index in [1.807, 2.05) is 72.1 Å². The third-order valence-electron chi connectivity index (χ3n) is 7.11. The number of esters is 1. The van der Waals surface area contributed by atoms with Crippen LogP contribution in [0.2, 0.25) is 0 Å². The first-order chi connectivity index (χ1) is 20.3. The molecule has 3 aliphatic rings. The molecular weight excluding hydrogens is 587 g/mol. The molecule has 13 heteroatoms. The van der Waals surface area contributed by atoms with Crippen LogP contribution in [0.5, 0.6) is 0 Å². The fourth-order valence-electron chi connectivity index (χ4n) is 5.09. The molecule has 0 saturated carbocycles. The van der Waals surface area contributed by atoms with E-state index in [9.17, 15) is 27.6 Å². The number of quaternary nitrogens is 1. The maximum absolute atomic E-state index is 12.5. The number of rotatable bonds is 7. The van der Waals surface area contributed by atoms with E-state index in [1.165, 1.54) is 18.3 Å². The Kier molecular flexibility index (Phi) is 11.4. The molecule has 3 aromatic rings. The predicted octanol–water partition coefficient (Wildman–Crippen LogP) is 3.93. The van der Waals surface area contributed by atoms with Crippen molar-refractivity contribution in [2.45, 2.75) is 32.0 Å². The number of carboxylic acids is 1. The number of fused-ring (bicyclic) bond motifs is 3. The van der Waals surface area contributed by atoms with E-state index in [4.69, 9.17) is 20.4 Å². The number of nitrogens with one attached hydrogen (secondary N) is 1. The Balaban J connectivity index is 0.000000201. The van der Waals surface area contributed by atoms with Crippen LogP contribution in [0, 0.1) is 5.92 Å². The first kappa shape index (κ1) is 33.3. The van der Waals surface area contributed by atoms with Gasteiger partial charge >= 0.3 is 12.1 Å². The van der Waals surface area contributed by atoms with Crippen molar-refractivity contribution in [3.05, 3.63) is 82.6 Å². The fourth-order valence-corrected chi connectivity index (χ4v) is 5.79. The third-order valence-corrected chi connectivity index (χ3v) is 8.04. The van der Waals surface area contributed by atoms with Gasteiger partial charge in [-0.2, -0.15) is 13.2 Å². The number of carboxylic acid groups (broad SMARTS) is 1. The number of aliphatic carboxylic acids is 1. The zero-order valence-corrected chi connectivity index (χ0v) is 24.2. The van der Waals surface area contributed by atoms with Crippen molar-refractivity contribution >= 4 is 46.3 Å². The number of alkyl halides is 3. The number of hydrogen-bond donors (Lipinski definition) is 2. The molecule has 4 heterocycles. The highest BCUT2D eigenvalue weighted by Crippen LogP contribution is 2.35. The molecule has 3 fully saturated rings. The summed E-state index contributed by atoms with van der Waals surface area (Å²) in [6.07, 6.45) is -3.09. The molecule has 230 valence electrons. The Hall–Kier alpha value is -4.23. The number of nitrogens with zero attached hydrogens (tertiary/aromatic N) is 1. The summed E-state index contributed by atoms with van der Waals surface area (Å²) in [5.74, 6) is -2.93. The number of benzene rings is 2. The van der Waals surface area contributed by atoms with E-state index in [0.29, 0.717) is 17.3 Å². The lowest BCUT2D eigenvalue weighted by molar-refractivity contribution is -0.938. The molecule has 3 saturated heterocycles. The summed E-state index contributed by atoms with van der Waals surface area (Å²) >= 11 is 1.34. The van der Waals surface area contributed by atoms with Gasteiger partial charge in [0.25, 0.3) is 5.91 Å². The topological polar surface area (TPSA) is 139 Å². The van der Waals surface area contributed by atoms with Crippen LogP contribution in [0.3, 0.4) is 0 Å². The largest absolute Gasteiger partial charge is 0.542 e. The maximum atomic E-state index is 12.5. The highest BCUT2D eigenvalue weighted by Gasteiger charge is 2.48.